The SMILES string of the molecule is CCC(N)Cc1cc(OCc2cccc(F)c2)ccc1Br. The van der Waals surface area contributed by atoms with E-state index < -0.39 is 0 Å². The van der Waals surface area contributed by atoms with Crippen LogP contribution in [0.1, 0.15) is 24.5 Å². The largest absolute Gasteiger partial charge is 0.489 e. The Labute approximate surface area is 133 Å². The van der Waals surface area contributed by atoms with E-state index in [1.807, 2.05) is 24.3 Å². The Kier molecular flexibility index (Phi) is 5.76. The van der Waals surface area contributed by atoms with Gasteiger partial charge in [0.25, 0.3) is 0 Å². The van der Waals surface area contributed by atoms with E-state index in [-0.39, 0.29) is 11.9 Å². The van der Waals surface area contributed by atoms with Crippen LogP contribution in [0.25, 0.3) is 0 Å². The summed E-state index contributed by atoms with van der Waals surface area (Å²) in [4.78, 5) is 0. The second-order valence-electron chi connectivity index (χ2n) is 5.04. The Balaban J connectivity index is 2.05. The molecule has 2 N–H and O–H groups in total. The molecule has 0 amide bonds. The molecule has 0 spiro atoms. The maximum atomic E-state index is 13.1. The second kappa shape index (κ2) is 7.57. The topological polar surface area (TPSA) is 35.2 Å². The highest BCUT2D eigenvalue weighted by Gasteiger charge is 2.07. The molecule has 2 aromatic rings. The summed E-state index contributed by atoms with van der Waals surface area (Å²) in [5.41, 5.74) is 7.94. The molecule has 4 heteroatoms. The van der Waals surface area contributed by atoms with Gasteiger partial charge in [-0.1, -0.05) is 35.0 Å². The summed E-state index contributed by atoms with van der Waals surface area (Å²) in [6, 6.07) is 12.4. The summed E-state index contributed by atoms with van der Waals surface area (Å²) in [5.74, 6) is 0.516. The smallest absolute Gasteiger partial charge is 0.123 e. The lowest BCUT2D eigenvalue weighted by molar-refractivity contribution is 0.305. The highest BCUT2D eigenvalue weighted by atomic mass is 79.9. The normalized spacial score (nSPS) is 12.2. The zero-order chi connectivity index (χ0) is 15.2. The summed E-state index contributed by atoms with van der Waals surface area (Å²) in [6.45, 7) is 2.42. The molecule has 1 atom stereocenters. The maximum Gasteiger partial charge on any atom is 0.123 e. The van der Waals surface area contributed by atoms with Crippen LogP contribution in [0.5, 0.6) is 5.75 Å². The van der Waals surface area contributed by atoms with Crippen LogP contribution in [0.2, 0.25) is 0 Å². The molecule has 0 fully saturated rings. The fourth-order valence-corrected chi connectivity index (χ4v) is 2.43. The van der Waals surface area contributed by atoms with Gasteiger partial charge in [-0.15, -0.1) is 0 Å². The molecule has 0 heterocycles. The molecule has 0 aliphatic heterocycles. The summed E-state index contributed by atoms with van der Waals surface area (Å²) in [5, 5.41) is 0. The average Bonchev–Trinajstić information content (AvgIpc) is 2.48. The van der Waals surface area contributed by atoms with Crippen molar-refractivity contribution in [3.05, 3.63) is 63.9 Å². The molecule has 112 valence electrons. The fourth-order valence-electron chi connectivity index (χ4n) is 2.02. The van der Waals surface area contributed by atoms with Crippen molar-refractivity contribution in [2.24, 2.45) is 5.73 Å². The third kappa shape index (κ3) is 4.83. The first-order chi connectivity index (χ1) is 10.1. The van der Waals surface area contributed by atoms with Crippen molar-refractivity contribution in [1.82, 2.24) is 0 Å². The average molecular weight is 352 g/mol. The number of hydrogen-bond donors (Lipinski definition) is 1. The van der Waals surface area contributed by atoms with Crippen molar-refractivity contribution >= 4 is 15.9 Å². The third-order valence-electron chi connectivity index (χ3n) is 3.32. The number of hydrogen-bond acceptors (Lipinski definition) is 2. The Morgan fingerprint density at radius 1 is 1.24 bits per heavy atom. The van der Waals surface area contributed by atoms with Crippen molar-refractivity contribution in [3.8, 4) is 5.75 Å². The highest BCUT2D eigenvalue weighted by molar-refractivity contribution is 9.10. The number of nitrogens with two attached hydrogens (primary N) is 1. The van der Waals surface area contributed by atoms with Gasteiger partial charge in [-0.3, -0.25) is 0 Å². The van der Waals surface area contributed by atoms with Crippen LogP contribution in [-0.4, -0.2) is 6.04 Å². The maximum absolute atomic E-state index is 13.1. The van der Waals surface area contributed by atoms with Crippen LogP contribution in [0, 0.1) is 5.82 Å². The van der Waals surface area contributed by atoms with Gasteiger partial charge in [0.1, 0.15) is 18.2 Å². The number of ether oxygens (including phenoxy) is 1. The number of benzene rings is 2. The van der Waals surface area contributed by atoms with E-state index in [4.69, 9.17) is 10.5 Å². The number of rotatable bonds is 6. The summed E-state index contributed by atoms with van der Waals surface area (Å²) in [7, 11) is 0. The first-order valence-corrected chi connectivity index (χ1v) is 7.79. The molecule has 21 heavy (non-hydrogen) atoms. The second-order valence-corrected chi connectivity index (χ2v) is 5.90. The molecular weight excluding hydrogens is 333 g/mol. The van der Waals surface area contributed by atoms with Crippen molar-refractivity contribution in [1.29, 1.82) is 0 Å². The van der Waals surface area contributed by atoms with Crippen LogP contribution >= 0.6 is 15.9 Å². The van der Waals surface area contributed by atoms with Gasteiger partial charge in [0.05, 0.1) is 0 Å². The van der Waals surface area contributed by atoms with Gasteiger partial charge in [-0.2, -0.15) is 0 Å². The van der Waals surface area contributed by atoms with Gasteiger partial charge < -0.3 is 10.5 Å². The van der Waals surface area contributed by atoms with Crippen LogP contribution < -0.4 is 10.5 Å². The first kappa shape index (κ1) is 16.0. The first-order valence-electron chi connectivity index (χ1n) is 6.99. The van der Waals surface area contributed by atoms with Crippen molar-refractivity contribution in [2.75, 3.05) is 0 Å². The molecule has 0 aromatic heterocycles. The molecular formula is C17H19BrFNO. The van der Waals surface area contributed by atoms with Gasteiger partial charge in [-0.25, -0.2) is 4.39 Å². The lowest BCUT2D eigenvalue weighted by Gasteiger charge is -2.13. The minimum Gasteiger partial charge on any atom is -0.489 e. The van der Waals surface area contributed by atoms with Crippen LogP contribution in [0.4, 0.5) is 4.39 Å². The molecule has 2 aromatic carbocycles. The van der Waals surface area contributed by atoms with E-state index in [1.165, 1.54) is 12.1 Å². The van der Waals surface area contributed by atoms with Gasteiger partial charge in [-0.05, 0) is 54.3 Å². The minimum atomic E-state index is -0.249. The summed E-state index contributed by atoms with van der Waals surface area (Å²) in [6.07, 6.45) is 1.73. The molecule has 0 aliphatic rings. The Morgan fingerprint density at radius 3 is 2.76 bits per heavy atom. The molecule has 0 saturated carbocycles. The van der Waals surface area contributed by atoms with E-state index in [9.17, 15) is 4.39 Å². The summed E-state index contributed by atoms with van der Waals surface area (Å²) >= 11 is 3.53. The van der Waals surface area contributed by atoms with E-state index in [0.29, 0.717) is 6.61 Å². The summed E-state index contributed by atoms with van der Waals surface area (Å²) < 4.78 is 19.9. The van der Waals surface area contributed by atoms with Gasteiger partial charge in [0, 0.05) is 10.5 Å². The Bertz CT molecular complexity index is 603. The zero-order valence-electron chi connectivity index (χ0n) is 12.0. The monoisotopic (exact) mass is 351 g/mol. The number of halogens is 2. The highest BCUT2D eigenvalue weighted by Crippen LogP contribution is 2.24. The molecule has 0 radical (unpaired) electrons. The van der Waals surface area contributed by atoms with Gasteiger partial charge >= 0.3 is 0 Å². The molecule has 0 saturated heterocycles. The van der Waals surface area contributed by atoms with Gasteiger partial charge in [0.15, 0.2) is 0 Å². The third-order valence-corrected chi connectivity index (χ3v) is 4.09. The zero-order valence-corrected chi connectivity index (χ0v) is 13.6. The van der Waals surface area contributed by atoms with E-state index in [2.05, 4.69) is 22.9 Å². The molecule has 1 unspecified atom stereocenters. The predicted molar refractivity (Wildman–Crippen MR) is 86.8 cm³/mol. The molecule has 2 rings (SSSR count). The van der Waals surface area contributed by atoms with Crippen molar-refractivity contribution in [3.63, 3.8) is 0 Å². The molecule has 0 aliphatic carbocycles. The van der Waals surface area contributed by atoms with Crippen LogP contribution in [0.15, 0.2) is 46.9 Å². The van der Waals surface area contributed by atoms with Crippen LogP contribution in [-0.2, 0) is 13.0 Å². The fraction of sp³-hybridized carbons (Fsp3) is 0.294. The lowest BCUT2D eigenvalue weighted by atomic mass is 10.0. The predicted octanol–water partition coefficient (Wildman–Crippen LogP) is 4.45. The standard InChI is InChI=1S/C17H19BrFNO/c1-2-15(20)9-13-10-16(6-7-17(13)18)21-11-12-4-3-5-14(19)8-12/h3-8,10,15H,2,9,11,20H2,1H3. The van der Waals surface area contributed by atoms with Crippen molar-refractivity contribution < 1.29 is 9.13 Å². The quantitative estimate of drug-likeness (QED) is 0.834. The Morgan fingerprint density at radius 2 is 2.05 bits per heavy atom. The lowest BCUT2D eigenvalue weighted by Crippen LogP contribution is -2.21. The molecule has 2 nitrogen and oxygen atoms in total. The van der Waals surface area contributed by atoms with Crippen LogP contribution in [0.3, 0.4) is 0 Å². The van der Waals surface area contributed by atoms with Gasteiger partial charge in [0.2, 0.25) is 0 Å². The minimum absolute atomic E-state index is 0.139. The Hall–Kier alpha value is -1.39. The van der Waals surface area contributed by atoms with E-state index in [1.54, 1.807) is 6.07 Å². The van der Waals surface area contributed by atoms with E-state index in [0.717, 1.165) is 34.2 Å². The van der Waals surface area contributed by atoms with E-state index >= 15 is 0 Å². The molecule has 0 bridgehead atoms. The van der Waals surface area contributed by atoms with Crippen molar-refractivity contribution in [2.45, 2.75) is 32.4 Å².